The Hall–Kier alpha value is -3.01. The summed E-state index contributed by atoms with van der Waals surface area (Å²) in [6, 6.07) is 21.0. The van der Waals surface area contributed by atoms with Crippen LogP contribution in [0.15, 0.2) is 82.5 Å². The fraction of sp³-hybridized carbons (Fsp3) is 0.208. The highest BCUT2D eigenvalue weighted by Gasteiger charge is 2.29. The first-order valence-electron chi connectivity index (χ1n) is 10.6. The Morgan fingerprint density at radius 2 is 1.58 bits per heavy atom. The third-order valence-corrected chi connectivity index (χ3v) is 8.73. The second-order valence-corrected chi connectivity index (χ2v) is 10.8. The highest BCUT2D eigenvalue weighted by molar-refractivity contribution is 7.89. The van der Waals surface area contributed by atoms with Gasteiger partial charge < -0.3 is 4.90 Å². The van der Waals surface area contributed by atoms with Gasteiger partial charge in [0.1, 0.15) is 5.82 Å². The molecular formula is C24H22FN3O3S2. The van der Waals surface area contributed by atoms with Gasteiger partial charge in [-0.1, -0.05) is 53.8 Å². The number of hydrogen-bond donors (Lipinski definition) is 0. The van der Waals surface area contributed by atoms with E-state index in [1.54, 1.807) is 41.0 Å². The molecule has 0 bridgehead atoms. The van der Waals surface area contributed by atoms with Crippen molar-refractivity contribution < 1.29 is 12.8 Å². The predicted octanol–water partition coefficient (Wildman–Crippen LogP) is 3.76. The molecule has 0 amide bonds. The topological polar surface area (TPSA) is 62.6 Å². The van der Waals surface area contributed by atoms with Crippen LogP contribution in [0, 0.1) is 5.82 Å². The van der Waals surface area contributed by atoms with Gasteiger partial charge in [0.2, 0.25) is 10.0 Å². The van der Waals surface area contributed by atoms with E-state index in [0.29, 0.717) is 30.0 Å². The summed E-state index contributed by atoms with van der Waals surface area (Å²) in [7, 11) is -3.72. The van der Waals surface area contributed by atoms with Crippen LogP contribution in [0.3, 0.4) is 0 Å². The molecule has 0 radical (unpaired) electrons. The third kappa shape index (κ3) is 4.19. The van der Waals surface area contributed by atoms with Gasteiger partial charge >= 0.3 is 4.87 Å². The number of benzene rings is 3. The van der Waals surface area contributed by atoms with E-state index in [2.05, 4.69) is 0 Å². The Morgan fingerprint density at radius 3 is 2.30 bits per heavy atom. The molecule has 33 heavy (non-hydrogen) atoms. The number of piperazine rings is 1. The minimum Gasteiger partial charge on any atom is -0.367 e. The van der Waals surface area contributed by atoms with E-state index in [0.717, 1.165) is 22.4 Å². The molecule has 0 aliphatic carbocycles. The van der Waals surface area contributed by atoms with E-state index in [4.69, 9.17) is 0 Å². The third-order valence-electron chi connectivity index (χ3n) is 5.89. The first-order valence-corrected chi connectivity index (χ1v) is 12.9. The lowest BCUT2D eigenvalue weighted by Crippen LogP contribution is -2.48. The Labute approximate surface area is 195 Å². The van der Waals surface area contributed by atoms with Crippen LogP contribution in [0.25, 0.3) is 10.2 Å². The van der Waals surface area contributed by atoms with Gasteiger partial charge in [0.05, 0.1) is 27.3 Å². The van der Waals surface area contributed by atoms with Crippen molar-refractivity contribution in [2.75, 3.05) is 31.1 Å². The number of thiazole rings is 1. The van der Waals surface area contributed by atoms with E-state index in [1.165, 1.54) is 10.4 Å². The first-order chi connectivity index (χ1) is 15.9. The van der Waals surface area contributed by atoms with Crippen LogP contribution in [-0.2, 0) is 16.6 Å². The largest absolute Gasteiger partial charge is 0.367 e. The molecule has 1 fully saturated rings. The average Bonchev–Trinajstić information content (AvgIpc) is 3.14. The zero-order valence-corrected chi connectivity index (χ0v) is 19.4. The highest BCUT2D eigenvalue weighted by atomic mass is 32.2. The molecule has 4 aromatic rings. The zero-order chi connectivity index (χ0) is 23.0. The monoisotopic (exact) mass is 483 g/mol. The molecule has 9 heteroatoms. The number of rotatable bonds is 5. The second-order valence-electron chi connectivity index (χ2n) is 7.91. The summed E-state index contributed by atoms with van der Waals surface area (Å²) in [6.07, 6.45) is 0. The molecule has 3 aromatic carbocycles. The first kappa shape index (κ1) is 21.8. The zero-order valence-electron chi connectivity index (χ0n) is 17.7. The van der Waals surface area contributed by atoms with Crippen molar-refractivity contribution in [2.24, 2.45) is 0 Å². The Kier molecular flexibility index (Phi) is 5.77. The van der Waals surface area contributed by atoms with Crippen molar-refractivity contribution in [1.82, 2.24) is 8.87 Å². The smallest absolute Gasteiger partial charge is 0.308 e. The number of anilines is 1. The molecule has 170 valence electrons. The van der Waals surface area contributed by atoms with Gasteiger partial charge in [-0.2, -0.15) is 4.31 Å². The van der Waals surface area contributed by atoms with Crippen LogP contribution < -0.4 is 9.77 Å². The minimum atomic E-state index is -3.72. The summed E-state index contributed by atoms with van der Waals surface area (Å²) >= 11 is 1.05. The van der Waals surface area contributed by atoms with Gasteiger partial charge in [-0.25, -0.2) is 12.8 Å². The molecule has 6 nitrogen and oxygen atoms in total. The Balaban J connectivity index is 1.37. The summed E-state index contributed by atoms with van der Waals surface area (Å²) in [4.78, 5) is 14.5. The summed E-state index contributed by atoms with van der Waals surface area (Å²) in [5.74, 6) is -0.311. The average molecular weight is 484 g/mol. The molecule has 1 saturated heterocycles. The van der Waals surface area contributed by atoms with E-state index in [1.807, 2.05) is 35.2 Å². The number of hydrogen-bond acceptors (Lipinski definition) is 5. The maximum Gasteiger partial charge on any atom is 0.308 e. The van der Waals surface area contributed by atoms with E-state index >= 15 is 0 Å². The van der Waals surface area contributed by atoms with Crippen LogP contribution in [0.5, 0.6) is 0 Å². The van der Waals surface area contributed by atoms with Crippen molar-refractivity contribution in [2.45, 2.75) is 11.4 Å². The minimum absolute atomic E-state index is 0.123. The number of nitrogens with zero attached hydrogens (tertiary/aromatic N) is 3. The lowest BCUT2D eigenvalue weighted by atomic mass is 10.2. The fourth-order valence-corrected chi connectivity index (χ4v) is 6.60. The van der Waals surface area contributed by atoms with Gasteiger partial charge in [0.15, 0.2) is 0 Å². The van der Waals surface area contributed by atoms with E-state index < -0.39 is 10.0 Å². The van der Waals surface area contributed by atoms with Crippen molar-refractivity contribution in [3.8, 4) is 0 Å². The summed E-state index contributed by atoms with van der Waals surface area (Å²) in [6.45, 7) is 1.77. The molecule has 1 aliphatic heterocycles. The quantitative estimate of drug-likeness (QED) is 0.434. The Bertz CT molecular complexity index is 1460. The summed E-state index contributed by atoms with van der Waals surface area (Å²) in [5.41, 5.74) is 2.21. The van der Waals surface area contributed by atoms with Crippen LogP contribution >= 0.6 is 11.3 Å². The normalized spacial score (nSPS) is 15.2. The standard InChI is InChI=1S/C24H22FN3O3S2/c25-20-8-4-5-9-21(20)26-12-14-27(15-13-26)33(30,31)19-10-11-22-23(16-19)32-24(29)28(22)17-18-6-2-1-3-7-18/h1-11,16H,12-15,17H2. The van der Waals surface area contributed by atoms with Crippen LogP contribution in [0.2, 0.25) is 0 Å². The number of fused-ring (bicyclic) bond motifs is 1. The van der Waals surface area contributed by atoms with Crippen LogP contribution in [0.4, 0.5) is 10.1 Å². The molecule has 2 heterocycles. The Morgan fingerprint density at radius 1 is 0.879 bits per heavy atom. The molecule has 0 saturated carbocycles. The van der Waals surface area contributed by atoms with Crippen molar-refractivity contribution in [1.29, 1.82) is 0 Å². The molecular weight excluding hydrogens is 461 g/mol. The molecule has 1 aliphatic rings. The SMILES string of the molecule is O=c1sc2cc(S(=O)(=O)N3CCN(c4ccccc4F)CC3)ccc2n1Cc1ccccc1. The predicted molar refractivity (Wildman–Crippen MR) is 129 cm³/mol. The van der Waals surface area contributed by atoms with Crippen LogP contribution in [0.1, 0.15) is 5.56 Å². The second kappa shape index (κ2) is 8.74. The molecule has 5 rings (SSSR count). The molecule has 0 spiro atoms. The van der Waals surface area contributed by atoms with Gasteiger partial charge in [0, 0.05) is 26.2 Å². The fourth-order valence-electron chi connectivity index (χ4n) is 4.15. The lowest BCUT2D eigenvalue weighted by Gasteiger charge is -2.35. The van der Waals surface area contributed by atoms with E-state index in [9.17, 15) is 17.6 Å². The summed E-state index contributed by atoms with van der Waals surface area (Å²) in [5, 5.41) is 0. The maximum absolute atomic E-state index is 14.1. The van der Waals surface area contributed by atoms with Crippen LogP contribution in [-0.4, -0.2) is 43.5 Å². The number of halogens is 1. The molecule has 0 unspecified atom stereocenters. The van der Waals surface area contributed by atoms with Gasteiger partial charge in [-0.15, -0.1) is 0 Å². The maximum atomic E-state index is 14.1. The molecule has 0 atom stereocenters. The van der Waals surface area contributed by atoms with Crippen molar-refractivity contribution in [3.63, 3.8) is 0 Å². The summed E-state index contributed by atoms with van der Waals surface area (Å²) < 4.78 is 44.4. The molecule has 1 aromatic heterocycles. The molecule has 0 N–H and O–H groups in total. The van der Waals surface area contributed by atoms with Gasteiger partial charge in [0.25, 0.3) is 0 Å². The van der Waals surface area contributed by atoms with Gasteiger partial charge in [-0.05, 0) is 35.9 Å². The highest BCUT2D eigenvalue weighted by Crippen LogP contribution is 2.27. The number of para-hydroxylation sites is 1. The van der Waals surface area contributed by atoms with Gasteiger partial charge in [-0.3, -0.25) is 9.36 Å². The number of sulfonamides is 1. The number of aromatic nitrogens is 1. The van der Waals surface area contributed by atoms with Crippen molar-refractivity contribution >= 4 is 37.3 Å². The van der Waals surface area contributed by atoms with E-state index in [-0.39, 0.29) is 28.7 Å². The van der Waals surface area contributed by atoms with Crippen molar-refractivity contribution in [3.05, 3.63) is 93.8 Å². The lowest BCUT2D eigenvalue weighted by molar-refractivity contribution is 0.383.